The molecule has 0 radical (unpaired) electrons. The van der Waals surface area contributed by atoms with Crippen LogP contribution in [0.1, 0.15) is 19.6 Å². The molecule has 0 spiro atoms. The predicted octanol–water partition coefficient (Wildman–Crippen LogP) is 1.41. The van der Waals surface area contributed by atoms with E-state index in [1.165, 1.54) is 26.7 Å². The summed E-state index contributed by atoms with van der Waals surface area (Å²) in [7, 11) is -2.85. The van der Waals surface area contributed by atoms with Crippen LogP contribution < -0.4 is 15.3 Å². The predicted molar refractivity (Wildman–Crippen MR) is 120 cm³/mol. The Hall–Kier alpha value is -3.09. The Balaban J connectivity index is 1.47. The van der Waals surface area contributed by atoms with Gasteiger partial charge in [0.05, 0.1) is 26.1 Å². The summed E-state index contributed by atoms with van der Waals surface area (Å²) < 4.78 is 36.8. The Labute approximate surface area is 194 Å². The molecule has 4 N–H and O–H groups in total. The molecule has 0 aliphatic carbocycles. The highest BCUT2D eigenvalue weighted by Gasteiger charge is 2.39. The number of carbonyl (C=O) groups excluding carboxylic acids is 1. The third-order valence-corrected chi connectivity index (χ3v) is 6.83. The minimum atomic E-state index is -4.07. The first-order valence-electron chi connectivity index (χ1n) is 10.4. The van der Waals surface area contributed by atoms with Crippen LogP contribution in [0.5, 0.6) is 5.75 Å². The number of nitrogen functional groups attached to an aromatic ring is 1. The van der Waals surface area contributed by atoms with Gasteiger partial charge in [0, 0.05) is 6.42 Å². The van der Waals surface area contributed by atoms with Crippen molar-refractivity contribution in [3.63, 3.8) is 0 Å². The summed E-state index contributed by atoms with van der Waals surface area (Å²) in [5.41, 5.74) is 6.71. The minimum Gasteiger partial charge on any atom is -0.468 e. The first-order chi connectivity index (χ1) is 16.3. The fourth-order valence-electron chi connectivity index (χ4n) is 3.46. The van der Waals surface area contributed by atoms with E-state index in [2.05, 4.69) is 24.8 Å². The number of rotatable bonds is 9. The summed E-state index contributed by atoms with van der Waals surface area (Å²) in [4.78, 5) is 24.1. The van der Waals surface area contributed by atoms with Gasteiger partial charge in [-0.15, -0.1) is 0 Å². The number of aromatic nitrogens is 4. The van der Waals surface area contributed by atoms with Crippen LogP contribution in [0.3, 0.4) is 0 Å². The summed E-state index contributed by atoms with van der Waals surface area (Å²) in [6.07, 6.45) is 0.625. The van der Waals surface area contributed by atoms with E-state index in [0.29, 0.717) is 11.2 Å². The van der Waals surface area contributed by atoms with Crippen molar-refractivity contribution in [2.45, 2.75) is 37.8 Å². The van der Waals surface area contributed by atoms with Crippen molar-refractivity contribution in [1.29, 1.82) is 0 Å². The van der Waals surface area contributed by atoms with Gasteiger partial charge in [-0.3, -0.25) is 13.9 Å². The molecule has 1 saturated heterocycles. The largest absolute Gasteiger partial charge is 0.468 e. The van der Waals surface area contributed by atoms with Gasteiger partial charge in [-0.2, -0.15) is 5.09 Å². The van der Waals surface area contributed by atoms with Gasteiger partial charge in [-0.05, 0) is 19.1 Å². The number of hydrogen-bond donors (Lipinski definition) is 3. The molecular formula is C20H25N6O7P. The number of aliphatic hydroxyl groups excluding tert-OH is 1. The van der Waals surface area contributed by atoms with E-state index in [1.807, 2.05) is 0 Å². The van der Waals surface area contributed by atoms with Crippen molar-refractivity contribution in [2.75, 3.05) is 19.5 Å². The Kier molecular flexibility index (Phi) is 7.10. The van der Waals surface area contributed by atoms with Crippen LogP contribution in [0, 0.1) is 0 Å². The molecule has 1 fully saturated rings. The highest BCUT2D eigenvalue weighted by Crippen LogP contribution is 2.46. The maximum Gasteiger partial charge on any atom is 0.459 e. The monoisotopic (exact) mass is 492 g/mol. The van der Waals surface area contributed by atoms with E-state index < -0.39 is 38.2 Å². The minimum absolute atomic E-state index is 0.208. The third kappa shape index (κ3) is 5.18. The second-order valence-electron chi connectivity index (χ2n) is 7.59. The van der Waals surface area contributed by atoms with Crippen molar-refractivity contribution < 1.29 is 33.0 Å². The fourth-order valence-corrected chi connectivity index (χ4v) is 4.97. The Morgan fingerprint density at radius 1 is 1.35 bits per heavy atom. The molecule has 1 aliphatic rings. The van der Waals surface area contributed by atoms with Crippen molar-refractivity contribution in [3.8, 4) is 5.75 Å². The Morgan fingerprint density at radius 3 is 2.85 bits per heavy atom. The van der Waals surface area contributed by atoms with Crippen molar-refractivity contribution in [1.82, 2.24) is 24.6 Å². The van der Waals surface area contributed by atoms with Gasteiger partial charge < -0.3 is 24.8 Å². The topological polar surface area (TPSA) is 173 Å². The number of hydrogen-bond acceptors (Lipinski definition) is 11. The number of aliphatic hydroxyl groups is 1. The summed E-state index contributed by atoms with van der Waals surface area (Å²) in [5, 5.41) is 13.1. The molecule has 0 amide bonds. The maximum absolute atomic E-state index is 13.5. The molecule has 5 atom stereocenters. The Bertz CT molecular complexity index is 1190. The molecule has 0 saturated carbocycles. The number of fused-ring (bicyclic) bond motifs is 1. The van der Waals surface area contributed by atoms with E-state index in [-0.39, 0.29) is 24.6 Å². The van der Waals surface area contributed by atoms with Gasteiger partial charge in [0.1, 0.15) is 36.0 Å². The summed E-state index contributed by atoms with van der Waals surface area (Å²) in [6, 6.07) is 7.37. The number of nitrogens with zero attached hydrogens (tertiary/aromatic N) is 4. The number of nitrogens with two attached hydrogens (primary N) is 1. The third-order valence-electron chi connectivity index (χ3n) is 5.19. The summed E-state index contributed by atoms with van der Waals surface area (Å²) >= 11 is 0. The highest BCUT2D eigenvalue weighted by molar-refractivity contribution is 7.52. The quantitative estimate of drug-likeness (QED) is 0.290. The number of imidazole rings is 1. The van der Waals surface area contributed by atoms with E-state index in [0.717, 1.165) is 0 Å². The average Bonchev–Trinajstić information content (AvgIpc) is 3.42. The van der Waals surface area contributed by atoms with Gasteiger partial charge in [0.25, 0.3) is 0 Å². The smallest absolute Gasteiger partial charge is 0.459 e. The lowest BCUT2D eigenvalue weighted by molar-refractivity contribution is -0.142. The van der Waals surface area contributed by atoms with Crippen LogP contribution in [-0.4, -0.2) is 62.6 Å². The SMILES string of the molecule is COC(=O)[C@H](C)NP(=O)(OCC1O[C@@H](n2cnc3c(N)ncnc32)C[C@H]1O)Oc1ccccc1. The Morgan fingerprint density at radius 2 is 2.12 bits per heavy atom. The van der Waals surface area contributed by atoms with Gasteiger partial charge in [0.15, 0.2) is 11.5 Å². The molecule has 14 heteroatoms. The lowest BCUT2D eigenvalue weighted by Gasteiger charge is -2.24. The van der Waals surface area contributed by atoms with Crippen LogP contribution in [0.15, 0.2) is 43.0 Å². The molecule has 13 nitrogen and oxygen atoms in total. The molecular weight excluding hydrogens is 467 g/mol. The molecule has 4 rings (SSSR count). The van der Waals surface area contributed by atoms with Gasteiger partial charge in [-0.25, -0.2) is 19.5 Å². The fraction of sp³-hybridized carbons (Fsp3) is 0.400. The van der Waals surface area contributed by atoms with E-state index in [9.17, 15) is 14.5 Å². The lowest BCUT2D eigenvalue weighted by Crippen LogP contribution is -2.36. The zero-order valence-electron chi connectivity index (χ0n) is 18.5. The number of ether oxygens (including phenoxy) is 2. The number of carbonyl (C=O) groups is 1. The summed E-state index contributed by atoms with van der Waals surface area (Å²) in [5.74, 6) is -0.152. The van der Waals surface area contributed by atoms with Crippen LogP contribution >= 0.6 is 7.75 Å². The number of methoxy groups -OCH3 is 1. The molecule has 1 aliphatic heterocycles. The first-order valence-corrected chi connectivity index (χ1v) is 12.0. The average molecular weight is 492 g/mol. The molecule has 3 heterocycles. The van der Waals surface area contributed by atoms with Crippen LogP contribution in [-0.2, 0) is 23.4 Å². The van der Waals surface area contributed by atoms with Gasteiger partial charge in [0.2, 0.25) is 0 Å². The molecule has 182 valence electrons. The van der Waals surface area contributed by atoms with E-state index in [1.54, 1.807) is 34.9 Å². The van der Waals surface area contributed by atoms with Gasteiger partial charge in [-0.1, -0.05) is 18.2 Å². The van der Waals surface area contributed by atoms with Gasteiger partial charge >= 0.3 is 13.7 Å². The molecule has 0 bridgehead atoms. The number of nitrogens with one attached hydrogen (secondary N) is 1. The van der Waals surface area contributed by atoms with Crippen LogP contribution in [0.4, 0.5) is 5.82 Å². The van der Waals surface area contributed by atoms with Crippen molar-refractivity contribution in [2.24, 2.45) is 0 Å². The van der Waals surface area contributed by atoms with Crippen LogP contribution in [0.2, 0.25) is 0 Å². The lowest BCUT2D eigenvalue weighted by atomic mass is 10.2. The number of esters is 1. The second-order valence-corrected chi connectivity index (χ2v) is 9.28. The molecule has 2 unspecified atom stereocenters. The van der Waals surface area contributed by atoms with E-state index >= 15 is 0 Å². The van der Waals surface area contributed by atoms with Crippen molar-refractivity contribution >= 4 is 30.7 Å². The zero-order chi connectivity index (χ0) is 24.3. The second kappa shape index (κ2) is 10.0. The normalized spacial score (nSPS) is 22.9. The number of benzene rings is 1. The standard InChI is InChI=1S/C20H25N6O7P/c1-12(20(28)30-2)25-34(29,33-13-6-4-3-5-7-13)31-9-15-14(27)8-16(32-15)26-11-24-17-18(21)22-10-23-19(17)26/h3-7,10-12,14-16,27H,8-9H2,1-2H3,(H,25,29)(H2,21,22,23)/t12-,14+,15?,16+,34?/m0/s1. The van der Waals surface area contributed by atoms with E-state index in [4.69, 9.17) is 19.5 Å². The first kappa shape index (κ1) is 24.0. The number of para-hydroxylation sites is 1. The maximum atomic E-state index is 13.5. The molecule has 3 aromatic rings. The highest BCUT2D eigenvalue weighted by atomic mass is 31.2. The number of anilines is 1. The molecule has 34 heavy (non-hydrogen) atoms. The molecule has 1 aromatic carbocycles. The summed E-state index contributed by atoms with van der Waals surface area (Å²) in [6.45, 7) is 1.18. The molecule has 2 aromatic heterocycles. The zero-order valence-corrected chi connectivity index (χ0v) is 19.4. The van der Waals surface area contributed by atoms with Crippen molar-refractivity contribution in [3.05, 3.63) is 43.0 Å². The van der Waals surface area contributed by atoms with Crippen LogP contribution in [0.25, 0.3) is 11.2 Å².